The molecule has 0 atom stereocenters. The number of nitrogens with one attached hydrogen (secondary N) is 1. The number of halogens is 1. The molecule has 7 heteroatoms. The number of alkyl carbamates (subject to hydrolysis) is 1. The molecule has 0 aromatic carbocycles. The molecule has 0 radical (unpaired) electrons. The van der Waals surface area contributed by atoms with Crippen LogP contribution in [-0.4, -0.2) is 33.4 Å². The predicted molar refractivity (Wildman–Crippen MR) is 53.8 cm³/mol. The Kier molecular flexibility index (Phi) is 5.87. The molecule has 0 unspecified atom stereocenters. The van der Waals surface area contributed by atoms with Crippen molar-refractivity contribution in [2.24, 2.45) is 5.92 Å². The van der Waals surface area contributed by atoms with Gasteiger partial charge in [0.05, 0.1) is 12.4 Å². The summed E-state index contributed by atoms with van der Waals surface area (Å²) in [6.45, 7) is 4.06. The van der Waals surface area contributed by atoms with Gasteiger partial charge < -0.3 is 10.1 Å². The van der Waals surface area contributed by atoms with Crippen LogP contribution in [0.2, 0.25) is 0 Å². The van der Waals surface area contributed by atoms with Gasteiger partial charge in [0.25, 0.3) is 0 Å². The summed E-state index contributed by atoms with van der Waals surface area (Å²) < 4.78 is 25.6. The normalized spacial score (nSPS) is 11.4. The van der Waals surface area contributed by atoms with Crippen molar-refractivity contribution < 1.29 is 17.9 Å². The van der Waals surface area contributed by atoms with Crippen LogP contribution >= 0.6 is 10.7 Å². The molecule has 0 rings (SSSR count). The molecule has 0 heterocycles. The highest BCUT2D eigenvalue weighted by atomic mass is 35.7. The number of carbonyl (C=O) groups excluding carboxylic acids is 1. The lowest BCUT2D eigenvalue weighted by atomic mass is 10.2. The van der Waals surface area contributed by atoms with Gasteiger partial charge >= 0.3 is 6.09 Å². The van der Waals surface area contributed by atoms with E-state index in [2.05, 4.69) is 5.32 Å². The average molecular weight is 244 g/mol. The van der Waals surface area contributed by atoms with Crippen LogP contribution in [0.25, 0.3) is 0 Å². The van der Waals surface area contributed by atoms with E-state index in [9.17, 15) is 13.2 Å². The number of hydrogen-bond donors (Lipinski definition) is 1. The number of hydrogen-bond acceptors (Lipinski definition) is 4. The van der Waals surface area contributed by atoms with E-state index in [-0.39, 0.29) is 18.2 Å². The highest BCUT2D eigenvalue weighted by molar-refractivity contribution is 8.13. The third-order valence-electron chi connectivity index (χ3n) is 1.16. The minimum atomic E-state index is -3.55. The first-order chi connectivity index (χ1) is 6.31. The molecule has 0 aliphatic carbocycles. The molecule has 1 amide bonds. The van der Waals surface area contributed by atoms with Gasteiger partial charge in [-0.1, -0.05) is 13.8 Å². The van der Waals surface area contributed by atoms with Gasteiger partial charge in [-0.3, -0.25) is 0 Å². The summed E-state index contributed by atoms with van der Waals surface area (Å²) in [6, 6.07) is 0. The first-order valence-corrected chi connectivity index (χ1v) is 6.62. The molecule has 0 spiro atoms. The van der Waals surface area contributed by atoms with Crippen LogP contribution < -0.4 is 5.32 Å². The Morgan fingerprint density at radius 2 is 2.07 bits per heavy atom. The van der Waals surface area contributed by atoms with Gasteiger partial charge in [-0.15, -0.1) is 0 Å². The van der Waals surface area contributed by atoms with Crippen LogP contribution in [0, 0.1) is 5.92 Å². The number of ether oxygens (including phenoxy) is 1. The fourth-order valence-corrected chi connectivity index (χ4v) is 1.15. The van der Waals surface area contributed by atoms with Gasteiger partial charge in [0.1, 0.15) is 0 Å². The Labute approximate surface area is 88.2 Å². The topological polar surface area (TPSA) is 72.5 Å². The summed E-state index contributed by atoms with van der Waals surface area (Å²) in [5.41, 5.74) is 0. The van der Waals surface area contributed by atoms with Crippen LogP contribution in [0.3, 0.4) is 0 Å². The number of rotatable bonds is 5. The monoisotopic (exact) mass is 243 g/mol. The molecule has 0 aliphatic rings. The van der Waals surface area contributed by atoms with E-state index in [1.807, 2.05) is 13.8 Å². The van der Waals surface area contributed by atoms with Crippen molar-refractivity contribution in [2.75, 3.05) is 18.9 Å². The molecule has 0 fully saturated rings. The molecule has 84 valence electrons. The Morgan fingerprint density at radius 3 is 2.50 bits per heavy atom. The fraction of sp³-hybridized carbons (Fsp3) is 0.857. The molecule has 0 aromatic rings. The van der Waals surface area contributed by atoms with Crippen molar-refractivity contribution in [1.29, 1.82) is 0 Å². The Morgan fingerprint density at radius 1 is 1.50 bits per heavy atom. The van der Waals surface area contributed by atoms with Crippen molar-refractivity contribution in [2.45, 2.75) is 13.8 Å². The number of amides is 1. The van der Waals surface area contributed by atoms with Gasteiger partial charge in [0.15, 0.2) is 0 Å². The predicted octanol–water partition coefficient (Wildman–Crippen LogP) is 0.937. The van der Waals surface area contributed by atoms with Crippen LogP contribution in [0.4, 0.5) is 4.79 Å². The van der Waals surface area contributed by atoms with Crippen LogP contribution in [0.15, 0.2) is 0 Å². The first-order valence-electron chi connectivity index (χ1n) is 4.14. The maximum atomic E-state index is 10.9. The van der Waals surface area contributed by atoms with E-state index in [1.165, 1.54) is 0 Å². The van der Waals surface area contributed by atoms with E-state index in [1.54, 1.807) is 0 Å². The van der Waals surface area contributed by atoms with Crippen LogP contribution in [-0.2, 0) is 13.8 Å². The quantitative estimate of drug-likeness (QED) is 0.730. The smallest absolute Gasteiger partial charge is 0.407 e. The van der Waals surface area contributed by atoms with Crippen molar-refractivity contribution in [1.82, 2.24) is 5.32 Å². The Bertz CT molecular complexity index is 275. The molecule has 0 saturated heterocycles. The lowest BCUT2D eigenvalue weighted by Crippen LogP contribution is -2.29. The average Bonchev–Trinajstić information content (AvgIpc) is 1.98. The molecule has 0 aliphatic heterocycles. The van der Waals surface area contributed by atoms with Gasteiger partial charge in [-0.05, 0) is 5.92 Å². The highest BCUT2D eigenvalue weighted by Gasteiger charge is 2.07. The summed E-state index contributed by atoms with van der Waals surface area (Å²) in [4.78, 5) is 10.9. The van der Waals surface area contributed by atoms with Crippen LogP contribution in [0.5, 0.6) is 0 Å². The molecule has 0 aromatic heterocycles. The molecule has 1 N–H and O–H groups in total. The maximum absolute atomic E-state index is 10.9. The molecule has 0 saturated carbocycles. The zero-order valence-electron chi connectivity index (χ0n) is 8.12. The second kappa shape index (κ2) is 6.08. The maximum Gasteiger partial charge on any atom is 0.407 e. The van der Waals surface area contributed by atoms with Crippen LogP contribution in [0.1, 0.15) is 13.8 Å². The SMILES string of the molecule is CC(C)COC(=O)NCCS(=O)(=O)Cl. The lowest BCUT2D eigenvalue weighted by Gasteiger charge is -2.07. The van der Waals surface area contributed by atoms with Gasteiger partial charge in [-0.2, -0.15) is 0 Å². The van der Waals surface area contributed by atoms with E-state index < -0.39 is 15.1 Å². The third kappa shape index (κ3) is 9.60. The molecule has 0 bridgehead atoms. The summed E-state index contributed by atoms with van der Waals surface area (Å²) in [5.74, 6) is -0.0526. The zero-order valence-corrected chi connectivity index (χ0v) is 9.69. The second-order valence-electron chi connectivity index (χ2n) is 3.16. The lowest BCUT2D eigenvalue weighted by molar-refractivity contribution is 0.133. The molecule has 5 nitrogen and oxygen atoms in total. The number of carbonyl (C=O) groups is 1. The summed E-state index contributed by atoms with van der Waals surface area (Å²) in [5, 5.41) is 2.27. The standard InChI is InChI=1S/C7H14ClNO4S/c1-6(2)5-13-7(10)9-3-4-14(8,11)12/h6H,3-5H2,1-2H3,(H,9,10). The summed E-state index contributed by atoms with van der Waals surface area (Å²) in [7, 11) is 1.38. The molecule has 14 heavy (non-hydrogen) atoms. The Balaban J connectivity index is 3.55. The third-order valence-corrected chi connectivity index (χ3v) is 2.32. The van der Waals surface area contributed by atoms with Crippen molar-refractivity contribution in [3.05, 3.63) is 0 Å². The fourth-order valence-electron chi connectivity index (χ4n) is 0.568. The van der Waals surface area contributed by atoms with Gasteiger partial charge in [0, 0.05) is 17.2 Å². The minimum Gasteiger partial charge on any atom is -0.449 e. The highest BCUT2D eigenvalue weighted by Crippen LogP contribution is 1.95. The molecular formula is C7H14ClNO4S. The van der Waals surface area contributed by atoms with Crippen molar-refractivity contribution >= 4 is 25.8 Å². The van der Waals surface area contributed by atoms with E-state index in [0.717, 1.165) is 0 Å². The first kappa shape index (κ1) is 13.5. The molecular weight excluding hydrogens is 230 g/mol. The summed E-state index contributed by atoms with van der Waals surface area (Å²) >= 11 is 0. The Hall–Kier alpha value is -0.490. The van der Waals surface area contributed by atoms with E-state index >= 15 is 0 Å². The van der Waals surface area contributed by atoms with Gasteiger partial charge in [-0.25, -0.2) is 13.2 Å². The largest absolute Gasteiger partial charge is 0.449 e. The summed E-state index contributed by atoms with van der Waals surface area (Å²) in [6.07, 6.45) is -0.626. The van der Waals surface area contributed by atoms with Gasteiger partial charge in [0.2, 0.25) is 9.05 Å². The second-order valence-corrected chi connectivity index (χ2v) is 6.06. The van der Waals surface area contributed by atoms with Crippen molar-refractivity contribution in [3.63, 3.8) is 0 Å². The van der Waals surface area contributed by atoms with Crippen molar-refractivity contribution in [3.8, 4) is 0 Å². The zero-order chi connectivity index (χ0) is 11.2. The minimum absolute atomic E-state index is 0.0389. The van der Waals surface area contributed by atoms with E-state index in [0.29, 0.717) is 6.61 Å². The van der Waals surface area contributed by atoms with E-state index in [4.69, 9.17) is 15.4 Å².